The van der Waals surface area contributed by atoms with Crippen LogP contribution in [0.1, 0.15) is 41.2 Å². The molecule has 0 radical (unpaired) electrons. The third-order valence-corrected chi connectivity index (χ3v) is 3.30. The first-order chi connectivity index (χ1) is 8.47. The molecule has 1 aromatic carbocycles. The summed E-state index contributed by atoms with van der Waals surface area (Å²) >= 11 is 0. The summed E-state index contributed by atoms with van der Waals surface area (Å²) in [7, 11) is 0. The van der Waals surface area contributed by atoms with Crippen LogP contribution in [0.15, 0.2) is 28.7 Å². The molecule has 18 heavy (non-hydrogen) atoms. The van der Waals surface area contributed by atoms with Crippen molar-refractivity contribution in [2.45, 2.75) is 40.7 Å². The van der Waals surface area contributed by atoms with Crippen LogP contribution in [0, 0.1) is 27.7 Å². The number of aryl methyl sites for hydroxylation is 4. The van der Waals surface area contributed by atoms with Crippen molar-refractivity contribution >= 4 is 5.69 Å². The van der Waals surface area contributed by atoms with E-state index < -0.39 is 0 Å². The van der Waals surface area contributed by atoms with Crippen LogP contribution in [0.5, 0.6) is 0 Å². The van der Waals surface area contributed by atoms with E-state index in [0.29, 0.717) is 0 Å². The molecule has 0 spiro atoms. The second kappa shape index (κ2) is 4.89. The van der Waals surface area contributed by atoms with Crippen molar-refractivity contribution in [3.05, 3.63) is 52.5 Å². The Hall–Kier alpha value is -1.70. The first-order valence-electron chi connectivity index (χ1n) is 6.38. The Morgan fingerprint density at radius 2 is 1.78 bits per heavy atom. The lowest BCUT2D eigenvalue weighted by Gasteiger charge is -2.17. The number of hydrogen-bond acceptors (Lipinski definition) is 2. The van der Waals surface area contributed by atoms with E-state index in [2.05, 4.69) is 50.4 Å². The molecule has 0 aliphatic carbocycles. The van der Waals surface area contributed by atoms with Gasteiger partial charge in [-0.1, -0.05) is 17.7 Å². The Bertz CT molecular complexity index is 554. The van der Waals surface area contributed by atoms with E-state index in [1.165, 1.54) is 22.4 Å². The fourth-order valence-electron chi connectivity index (χ4n) is 2.37. The van der Waals surface area contributed by atoms with E-state index in [1.54, 1.807) is 0 Å². The minimum absolute atomic E-state index is 0.254. The summed E-state index contributed by atoms with van der Waals surface area (Å²) in [6, 6.07) is 8.83. The monoisotopic (exact) mass is 243 g/mol. The molecule has 0 aliphatic rings. The van der Waals surface area contributed by atoms with Gasteiger partial charge in [0.15, 0.2) is 0 Å². The van der Waals surface area contributed by atoms with Crippen LogP contribution in [-0.2, 0) is 0 Å². The van der Waals surface area contributed by atoms with Gasteiger partial charge in [-0.3, -0.25) is 0 Å². The molecule has 1 aromatic heterocycles. The second-order valence-corrected chi connectivity index (χ2v) is 5.05. The average Bonchev–Trinajstić information content (AvgIpc) is 2.62. The molecule has 1 unspecified atom stereocenters. The summed E-state index contributed by atoms with van der Waals surface area (Å²) in [4.78, 5) is 0. The van der Waals surface area contributed by atoms with Crippen LogP contribution >= 0.6 is 0 Å². The normalized spacial score (nSPS) is 12.5. The summed E-state index contributed by atoms with van der Waals surface area (Å²) in [5.41, 5.74) is 4.99. The molecule has 2 nitrogen and oxygen atoms in total. The molecule has 0 fully saturated rings. The first-order valence-corrected chi connectivity index (χ1v) is 6.38. The Kier molecular flexibility index (Phi) is 3.46. The molecule has 1 heterocycles. The maximum atomic E-state index is 5.58. The van der Waals surface area contributed by atoms with Gasteiger partial charge >= 0.3 is 0 Å². The standard InChI is InChI=1S/C16H21NO/c1-10-6-7-16(11(2)8-10)17-13(4)15-9-12(3)18-14(15)5/h6-9,13,17H,1-5H3. The van der Waals surface area contributed by atoms with Crippen molar-refractivity contribution in [1.29, 1.82) is 0 Å². The number of rotatable bonds is 3. The van der Waals surface area contributed by atoms with E-state index in [-0.39, 0.29) is 6.04 Å². The zero-order valence-corrected chi connectivity index (χ0v) is 11.8. The minimum atomic E-state index is 0.254. The van der Waals surface area contributed by atoms with E-state index >= 15 is 0 Å². The Morgan fingerprint density at radius 3 is 2.33 bits per heavy atom. The highest BCUT2D eigenvalue weighted by Gasteiger charge is 2.13. The van der Waals surface area contributed by atoms with Gasteiger partial charge in [-0.05, 0) is 52.3 Å². The van der Waals surface area contributed by atoms with Crippen LogP contribution in [0.25, 0.3) is 0 Å². The topological polar surface area (TPSA) is 25.2 Å². The van der Waals surface area contributed by atoms with Crippen molar-refractivity contribution < 1.29 is 4.42 Å². The predicted octanol–water partition coefficient (Wildman–Crippen LogP) is 4.69. The van der Waals surface area contributed by atoms with Crippen molar-refractivity contribution in [3.8, 4) is 0 Å². The Morgan fingerprint density at radius 1 is 1.06 bits per heavy atom. The molecule has 0 bridgehead atoms. The second-order valence-electron chi connectivity index (χ2n) is 5.05. The number of anilines is 1. The first kappa shape index (κ1) is 12.7. The van der Waals surface area contributed by atoms with Crippen LogP contribution in [0.3, 0.4) is 0 Å². The van der Waals surface area contributed by atoms with E-state index in [1.807, 2.05) is 13.8 Å². The molecule has 2 rings (SSSR count). The molecule has 1 atom stereocenters. The Balaban J connectivity index is 2.21. The number of hydrogen-bond donors (Lipinski definition) is 1. The van der Waals surface area contributed by atoms with E-state index in [4.69, 9.17) is 4.42 Å². The maximum absolute atomic E-state index is 5.58. The minimum Gasteiger partial charge on any atom is -0.466 e. The Labute approximate surface area is 109 Å². The van der Waals surface area contributed by atoms with Gasteiger partial charge in [-0.2, -0.15) is 0 Å². The number of benzene rings is 1. The van der Waals surface area contributed by atoms with Crippen LogP contribution in [0.2, 0.25) is 0 Å². The highest BCUT2D eigenvalue weighted by molar-refractivity contribution is 5.53. The van der Waals surface area contributed by atoms with Crippen molar-refractivity contribution in [2.75, 3.05) is 5.32 Å². The van der Waals surface area contributed by atoms with Gasteiger partial charge in [0.25, 0.3) is 0 Å². The lowest BCUT2D eigenvalue weighted by atomic mass is 10.1. The van der Waals surface area contributed by atoms with E-state index in [0.717, 1.165) is 11.5 Å². The average molecular weight is 243 g/mol. The van der Waals surface area contributed by atoms with Crippen LogP contribution in [-0.4, -0.2) is 0 Å². The zero-order valence-electron chi connectivity index (χ0n) is 11.8. The lowest BCUT2D eigenvalue weighted by molar-refractivity contribution is 0.500. The lowest BCUT2D eigenvalue weighted by Crippen LogP contribution is -2.08. The fourth-order valence-corrected chi connectivity index (χ4v) is 2.37. The number of furan rings is 1. The summed E-state index contributed by atoms with van der Waals surface area (Å²) < 4.78 is 5.58. The van der Waals surface area contributed by atoms with Gasteiger partial charge in [0, 0.05) is 11.3 Å². The smallest absolute Gasteiger partial charge is 0.106 e. The molecule has 1 N–H and O–H groups in total. The van der Waals surface area contributed by atoms with Gasteiger partial charge in [0.2, 0.25) is 0 Å². The summed E-state index contributed by atoms with van der Waals surface area (Å²) in [6.07, 6.45) is 0. The third-order valence-electron chi connectivity index (χ3n) is 3.30. The summed E-state index contributed by atoms with van der Waals surface area (Å²) in [6.45, 7) is 10.4. The maximum Gasteiger partial charge on any atom is 0.106 e. The van der Waals surface area contributed by atoms with Gasteiger partial charge in [0.1, 0.15) is 11.5 Å². The summed E-state index contributed by atoms with van der Waals surface area (Å²) in [5, 5.41) is 3.55. The predicted molar refractivity (Wildman–Crippen MR) is 76.1 cm³/mol. The van der Waals surface area contributed by atoms with Crippen molar-refractivity contribution in [2.24, 2.45) is 0 Å². The largest absolute Gasteiger partial charge is 0.466 e. The molecule has 0 aliphatic heterocycles. The number of nitrogens with one attached hydrogen (secondary N) is 1. The zero-order chi connectivity index (χ0) is 13.3. The van der Waals surface area contributed by atoms with E-state index in [9.17, 15) is 0 Å². The molecular weight excluding hydrogens is 222 g/mol. The van der Waals surface area contributed by atoms with Gasteiger partial charge in [-0.25, -0.2) is 0 Å². The third kappa shape index (κ3) is 2.58. The summed E-state index contributed by atoms with van der Waals surface area (Å²) in [5.74, 6) is 1.97. The highest BCUT2D eigenvalue weighted by atomic mass is 16.3. The molecular formula is C16H21NO. The molecule has 96 valence electrons. The molecule has 0 saturated heterocycles. The molecule has 0 amide bonds. The van der Waals surface area contributed by atoms with Gasteiger partial charge < -0.3 is 9.73 Å². The van der Waals surface area contributed by atoms with Crippen molar-refractivity contribution in [1.82, 2.24) is 0 Å². The fraction of sp³-hybridized carbons (Fsp3) is 0.375. The molecule has 2 aromatic rings. The SMILES string of the molecule is Cc1ccc(NC(C)c2cc(C)oc2C)c(C)c1. The highest BCUT2D eigenvalue weighted by Crippen LogP contribution is 2.26. The van der Waals surface area contributed by atoms with Crippen LogP contribution < -0.4 is 5.32 Å². The van der Waals surface area contributed by atoms with Gasteiger partial charge in [0.05, 0.1) is 6.04 Å². The van der Waals surface area contributed by atoms with Crippen molar-refractivity contribution in [3.63, 3.8) is 0 Å². The molecule has 0 saturated carbocycles. The van der Waals surface area contributed by atoms with Crippen LogP contribution in [0.4, 0.5) is 5.69 Å². The van der Waals surface area contributed by atoms with Gasteiger partial charge in [-0.15, -0.1) is 0 Å². The quantitative estimate of drug-likeness (QED) is 0.846. The molecule has 2 heteroatoms.